The monoisotopic (exact) mass is 540 g/mol. The highest BCUT2D eigenvalue weighted by Crippen LogP contribution is 2.51. The molecule has 5 N–H and O–H groups in total. The number of nitrogens with one attached hydrogen (secondary N) is 3. The molecule has 4 atom stereocenters. The van der Waals surface area contributed by atoms with E-state index in [1.807, 2.05) is 4.98 Å². The first-order valence-corrected chi connectivity index (χ1v) is 13.2. The van der Waals surface area contributed by atoms with Crippen molar-refractivity contribution in [3.8, 4) is 0 Å². The quantitative estimate of drug-likeness (QED) is 0.235. The molecule has 14 nitrogen and oxygen atoms in total. The van der Waals surface area contributed by atoms with Gasteiger partial charge in [0, 0.05) is 18.0 Å². The van der Waals surface area contributed by atoms with Crippen molar-refractivity contribution >= 4 is 25.1 Å². The smallest absolute Gasteiger partial charge is 0.335 e. The first-order valence-electron chi connectivity index (χ1n) is 11.4. The van der Waals surface area contributed by atoms with Crippen LogP contribution in [0.2, 0.25) is 0 Å². The molecule has 1 unspecified atom stereocenters. The summed E-state index contributed by atoms with van der Waals surface area (Å²) in [6, 6.07) is 7.50. The summed E-state index contributed by atoms with van der Waals surface area (Å²) in [5.41, 5.74) is -0.469. The molecule has 0 spiro atoms. The number of carbonyl (C=O) groups excluding carboxylic acids is 2. The molecule has 1 aliphatic heterocycles. The Morgan fingerprint density at radius 2 is 1.73 bits per heavy atom. The van der Waals surface area contributed by atoms with Crippen LogP contribution in [0.3, 0.4) is 0 Å². The SMILES string of the molecule is CCOP(=O)(Cc1ccc(NC(=O)CNC(=O)[C@H]2O[C@@H](n3ccc(=O)[nH]c3=O)[C@H](O)C2O)cc1)OCC. The van der Waals surface area contributed by atoms with Gasteiger partial charge in [0.05, 0.1) is 25.9 Å². The summed E-state index contributed by atoms with van der Waals surface area (Å²) in [7, 11) is -3.27. The molecule has 0 saturated carbocycles. The lowest BCUT2D eigenvalue weighted by Crippen LogP contribution is -2.45. The second kappa shape index (κ2) is 12.4. The number of ether oxygens (including phenoxy) is 1. The Kier molecular flexibility index (Phi) is 9.54. The van der Waals surface area contributed by atoms with Crippen molar-refractivity contribution in [1.29, 1.82) is 0 Å². The minimum absolute atomic E-state index is 0.0701. The Labute approximate surface area is 211 Å². The van der Waals surface area contributed by atoms with E-state index >= 15 is 0 Å². The van der Waals surface area contributed by atoms with Crippen LogP contribution in [0, 0.1) is 0 Å². The van der Waals surface area contributed by atoms with Crippen molar-refractivity contribution in [2.75, 3.05) is 25.1 Å². The first-order chi connectivity index (χ1) is 17.6. The highest BCUT2D eigenvalue weighted by Gasteiger charge is 2.47. The van der Waals surface area contributed by atoms with Crippen LogP contribution in [0.5, 0.6) is 0 Å². The number of hydrogen-bond acceptors (Lipinski definition) is 10. The standard InChI is InChI=1S/C22H29N4O10P/c1-3-34-37(33,35-4-2)12-13-5-7-14(8-6-13)24-16(28)11-23-20(31)19-17(29)18(30)21(36-19)26-10-9-15(27)25-22(26)32/h5-10,17-19,21,29-30H,3-4,11-12H2,1-2H3,(H,23,31)(H,24,28)(H,25,27,32)/t17?,18-,19+,21-/m1/s1. The summed E-state index contributed by atoms with van der Waals surface area (Å²) in [4.78, 5) is 49.9. The van der Waals surface area contributed by atoms with Crippen LogP contribution in [0.25, 0.3) is 0 Å². The third-order valence-corrected chi connectivity index (χ3v) is 7.37. The fourth-order valence-electron chi connectivity index (χ4n) is 3.65. The Morgan fingerprint density at radius 1 is 1.08 bits per heavy atom. The highest BCUT2D eigenvalue weighted by atomic mass is 31.2. The minimum Gasteiger partial charge on any atom is -0.387 e. The number of benzene rings is 1. The van der Waals surface area contributed by atoms with Gasteiger partial charge in [-0.15, -0.1) is 0 Å². The first kappa shape index (κ1) is 28.4. The van der Waals surface area contributed by atoms with E-state index < -0.39 is 61.7 Å². The van der Waals surface area contributed by atoms with Crippen LogP contribution in [-0.4, -0.2) is 69.6 Å². The van der Waals surface area contributed by atoms with E-state index in [0.29, 0.717) is 11.3 Å². The topological polar surface area (TPSA) is 198 Å². The Bertz CT molecular complexity index is 1250. The Balaban J connectivity index is 1.54. The maximum atomic E-state index is 12.6. The maximum absolute atomic E-state index is 12.6. The third-order valence-electron chi connectivity index (χ3n) is 5.31. The van der Waals surface area contributed by atoms with E-state index in [4.69, 9.17) is 13.8 Å². The summed E-state index contributed by atoms with van der Waals surface area (Å²) in [6.45, 7) is 3.45. The van der Waals surface area contributed by atoms with Gasteiger partial charge >= 0.3 is 13.3 Å². The number of anilines is 1. The molecule has 1 aromatic carbocycles. The lowest BCUT2D eigenvalue weighted by atomic mass is 10.1. The van der Waals surface area contributed by atoms with E-state index in [0.717, 1.165) is 16.8 Å². The van der Waals surface area contributed by atoms with E-state index in [2.05, 4.69) is 10.6 Å². The molecule has 3 rings (SSSR count). The van der Waals surface area contributed by atoms with Gasteiger partial charge in [-0.2, -0.15) is 0 Å². The molecule has 1 saturated heterocycles. The van der Waals surface area contributed by atoms with E-state index in [9.17, 15) is 34.0 Å². The van der Waals surface area contributed by atoms with Gasteiger partial charge in [-0.25, -0.2) is 4.79 Å². The van der Waals surface area contributed by atoms with Gasteiger partial charge in [-0.1, -0.05) is 12.1 Å². The minimum atomic E-state index is -3.27. The van der Waals surface area contributed by atoms with Crippen molar-refractivity contribution in [1.82, 2.24) is 14.9 Å². The zero-order chi connectivity index (χ0) is 27.2. The molecule has 15 heteroatoms. The predicted octanol–water partition coefficient (Wildman–Crippen LogP) is -0.323. The number of nitrogens with zero attached hydrogens (tertiary/aromatic N) is 1. The summed E-state index contributed by atoms with van der Waals surface area (Å²) in [5.74, 6) is -1.48. The normalized spacial score (nSPS) is 21.5. The van der Waals surface area contributed by atoms with Crippen molar-refractivity contribution in [3.63, 3.8) is 0 Å². The van der Waals surface area contributed by atoms with Gasteiger partial charge in [-0.3, -0.25) is 28.5 Å². The van der Waals surface area contributed by atoms with Crippen molar-refractivity contribution < 1.29 is 38.2 Å². The van der Waals surface area contributed by atoms with Crippen LogP contribution < -0.4 is 21.9 Å². The van der Waals surface area contributed by atoms with Crippen LogP contribution in [0.15, 0.2) is 46.1 Å². The number of rotatable bonds is 11. The fourth-order valence-corrected chi connectivity index (χ4v) is 5.35. The zero-order valence-corrected chi connectivity index (χ0v) is 21.1. The Morgan fingerprint density at radius 3 is 2.32 bits per heavy atom. The van der Waals surface area contributed by atoms with Crippen molar-refractivity contribution in [3.05, 3.63) is 62.9 Å². The number of H-pyrrole nitrogens is 1. The molecular formula is C22H29N4O10P. The number of aliphatic hydroxyl groups excluding tert-OH is 2. The van der Waals surface area contributed by atoms with Gasteiger partial charge < -0.3 is 34.6 Å². The lowest BCUT2D eigenvalue weighted by Gasteiger charge is -2.17. The molecule has 1 aliphatic rings. The molecule has 37 heavy (non-hydrogen) atoms. The van der Waals surface area contributed by atoms with E-state index in [-0.39, 0.29) is 19.4 Å². The molecule has 1 aromatic heterocycles. The molecule has 2 amide bonds. The summed E-state index contributed by atoms with van der Waals surface area (Å²) in [5, 5.41) is 25.3. The van der Waals surface area contributed by atoms with Crippen molar-refractivity contribution in [2.45, 2.75) is 44.5 Å². The number of aliphatic hydroxyl groups is 2. The van der Waals surface area contributed by atoms with Gasteiger partial charge in [-0.05, 0) is 31.5 Å². The summed E-state index contributed by atoms with van der Waals surface area (Å²) in [6.07, 6.45) is -5.20. The number of carbonyl (C=O) groups is 2. The van der Waals surface area contributed by atoms with Gasteiger partial charge in [0.2, 0.25) is 5.91 Å². The van der Waals surface area contributed by atoms with Crippen molar-refractivity contribution in [2.24, 2.45) is 0 Å². The van der Waals surface area contributed by atoms with Crippen LogP contribution in [0.1, 0.15) is 25.6 Å². The predicted molar refractivity (Wildman–Crippen MR) is 130 cm³/mol. The molecular weight excluding hydrogens is 511 g/mol. The number of aromatic amines is 1. The molecule has 2 heterocycles. The van der Waals surface area contributed by atoms with Gasteiger partial charge in [0.15, 0.2) is 12.3 Å². The van der Waals surface area contributed by atoms with Crippen LogP contribution >= 0.6 is 7.60 Å². The third kappa shape index (κ3) is 7.22. The molecule has 0 bridgehead atoms. The lowest BCUT2D eigenvalue weighted by molar-refractivity contribution is -0.138. The van der Waals surface area contributed by atoms with E-state index in [1.165, 1.54) is 0 Å². The average molecular weight is 540 g/mol. The largest absolute Gasteiger partial charge is 0.387 e. The molecule has 0 aliphatic carbocycles. The second-order valence-corrected chi connectivity index (χ2v) is 10.1. The molecule has 2 aromatic rings. The number of amides is 2. The van der Waals surface area contributed by atoms with Crippen LogP contribution in [-0.2, 0) is 34.1 Å². The Hall–Kier alpha value is -3.13. The number of hydrogen-bond donors (Lipinski definition) is 5. The van der Waals surface area contributed by atoms with E-state index in [1.54, 1.807) is 38.1 Å². The zero-order valence-electron chi connectivity index (χ0n) is 20.2. The van der Waals surface area contributed by atoms with Crippen LogP contribution in [0.4, 0.5) is 5.69 Å². The summed E-state index contributed by atoms with van der Waals surface area (Å²) < 4.78 is 29.4. The molecule has 0 radical (unpaired) electrons. The fraction of sp³-hybridized carbons (Fsp3) is 0.455. The highest BCUT2D eigenvalue weighted by molar-refractivity contribution is 7.53. The van der Waals surface area contributed by atoms with Gasteiger partial charge in [0.25, 0.3) is 11.5 Å². The molecule has 1 fully saturated rings. The molecule has 202 valence electrons. The summed E-state index contributed by atoms with van der Waals surface area (Å²) >= 11 is 0. The van der Waals surface area contributed by atoms with Gasteiger partial charge in [0.1, 0.15) is 12.2 Å². The second-order valence-electron chi connectivity index (χ2n) is 8.01. The average Bonchev–Trinajstić information content (AvgIpc) is 3.13. The maximum Gasteiger partial charge on any atom is 0.335 e. The number of aromatic nitrogens is 2.